The summed E-state index contributed by atoms with van der Waals surface area (Å²) in [5.74, 6) is -24.0. The number of rotatable bonds is 13. The Hall–Kier alpha value is -0.990. The van der Waals surface area contributed by atoms with Gasteiger partial charge in [-0.1, -0.05) is 0 Å². The maximum absolute atomic E-state index is 13.7. The summed E-state index contributed by atoms with van der Waals surface area (Å²) in [5, 5.41) is -7.09. The van der Waals surface area contributed by atoms with Gasteiger partial charge < -0.3 is 9.04 Å². The number of alkyl halides is 11. The molecule has 0 rings (SSSR count). The number of sulfonamides is 1. The van der Waals surface area contributed by atoms with Crippen molar-refractivity contribution < 1.29 is 74.2 Å². The average molecular weight is 556 g/mol. The number of nitrogens with one attached hydrogen (secondary N) is 1. The third-order valence-corrected chi connectivity index (χ3v) is 6.54. The van der Waals surface area contributed by atoms with E-state index < -0.39 is 68.1 Å². The summed E-state index contributed by atoms with van der Waals surface area (Å²) in [5.41, 5.74) is 0. The van der Waals surface area contributed by atoms with Crippen molar-refractivity contribution in [3.05, 3.63) is 0 Å². The van der Waals surface area contributed by atoms with Gasteiger partial charge in [0.25, 0.3) is 10.0 Å². The summed E-state index contributed by atoms with van der Waals surface area (Å²) in [6, 6.07) is 0. The molecule has 0 fully saturated rings. The van der Waals surface area contributed by atoms with Crippen molar-refractivity contribution in [1.82, 2.24) is 4.72 Å². The maximum atomic E-state index is 13.7. The molecule has 0 unspecified atom stereocenters. The van der Waals surface area contributed by atoms with Crippen LogP contribution in [0.15, 0.2) is 0 Å². The second kappa shape index (κ2) is 9.57. The molecule has 0 saturated heterocycles. The number of hydrogen-bond acceptors (Lipinski definition) is 5. The van der Waals surface area contributed by atoms with Gasteiger partial charge in [-0.05, 0) is 0 Å². The molecular weight excluding hydrogens is 537 g/mol. The molecule has 200 valence electrons. The first-order chi connectivity index (χ1) is 14.2. The molecule has 0 aliphatic rings. The minimum Gasteiger partial charge on any atom is -0.748 e. The third kappa shape index (κ3) is 7.01. The smallest absolute Gasteiger partial charge is 0.460 e. The molecule has 0 aliphatic heterocycles. The standard InChI is InChI=1S/C13H19F11N2O5S2/c1-26(2,7-4-8-32(27,28)29)6-3-5-25-33(30,31)13(23,24)11(18,19)9(14,15)10(16,17)12(20,21)22/h25H,3-8H2,1-2H3. The highest BCUT2D eigenvalue weighted by molar-refractivity contribution is 7.90. The number of hydrogen-bond donors (Lipinski definition) is 1. The Morgan fingerprint density at radius 2 is 1.15 bits per heavy atom. The largest absolute Gasteiger partial charge is 0.748 e. The SMILES string of the molecule is C[N+](C)(CCCNS(=O)(=O)C(F)(F)C(F)(F)C(F)(F)C(F)(F)C(F)(F)F)CCCS(=O)(=O)[O-]. The molecule has 0 heterocycles. The fourth-order valence-corrected chi connectivity index (χ4v) is 3.85. The van der Waals surface area contributed by atoms with Crippen LogP contribution >= 0.6 is 0 Å². The molecule has 0 saturated carbocycles. The molecule has 1 N–H and O–H groups in total. The van der Waals surface area contributed by atoms with E-state index >= 15 is 0 Å². The molecule has 0 radical (unpaired) electrons. The predicted molar refractivity (Wildman–Crippen MR) is 88.4 cm³/mol. The van der Waals surface area contributed by atoms with E-state index in [-0.39, 0.29) is 24.0 Å². The van der Waals surface area contributed by atoms with Crippen LogP contribution in [0.1, 0.15) is 12.8 Å². The van der Waals surface area contributed by atoms with Gasteiger partial charge in [-0.3, -0.25) is 0 Å². The van der Waals surface area contributed by atoms with Crippen molar-refractivity contribution in [1.29, 1.82) is 0 Å². The van der Waals surface area contributed by atoms with Crippen LogP contribution in [0.5, 0.6) is 0 Å². The number of nitrogens with zero attached hydrogens (tertiary/aromatic N) is 1. The fraction of sp³-hybridized carbons (Fsp3) is 1.00. The zero-order valence-corrected chi connectivity index (χ0v) is 18.3. The van der Waals surface area contributed by atoms with E-state index in [0.29, 0.717) is 0 Å². The van der Waals surface area contributed by atoms with Crippen molar-refractivity contribution in [2.45, 2.75) is 42.0 Å². The molecule has 0 aliphatic carbocycles. The van der Waals surface area contributed by atoms with Gasteiger partial charge in [-0.25, -0.2) is 21.6 Å². The minimum absolute atomic E-state index is 0.0127. The zero-order chi connectivity index (χ0) is 26.9. The molecule has 0 atom stereocenters. The average Bonchev–Trinajstić information content (AvgIpc) is 2.55. The second-order valence-corrected chi connectivity index (χ2v) is 10.8. The topological polar surface area (TPSA) is 103 Å². The van der Waals surface area contributed by atoms with E-state index in [2.05, 4.69) is 0 Å². The Balaban J connectivity index is 5.38. The summed E-state index contributed by atoms with van der Waals surface area (Å²) < 4.78 is 197. The van der Waals surface area contributed by atoms with E-state index in [1.807, 2.05) is 0 Å². The summed E-state index contributed by atoms with van der Waals surface area (Å²) >= 11 is 0. The van der Waals surface area contributed by atoms with Gasteiger partial charge in [-0.2, -0.15) is 48.3 Å². The van der Waals surface area contributed by atoms with Crippen LogP contribution in [0, 0.1) is 0 Å². The van der Waals surface area contributed by atoms with E-state index in [9.17, 15) is 69.7 Å². The maximum Gasteiger partial charge on any atom is 0.460 e. The first kappa shape index (κ1) is 32.0. The van der Waals surface area contributed by atoms with Crippen molar-refractivity contribution in [3.8, 4) is 0 Å². The molecule has 20 heteroatoms. The Morgan fingerprint density at radius 1 is 0.727 bits per heavy atom. The molecule has 0 aromatic heterocycles. The lowest BCUT2D eigenvalue weighted by atomic mass is 10.0. The minimum atomic E-state index is -7.85. The summed E-state index contributed by atoms with van der Waals surface area (Å²) in [6.45, 7) is -1.34. The molecule has 0 aromatic rings. The monoisotopic (exact) mass is 556 g/mol. The lowest BCUT2D eigenvalue weighted by Gasteiger charge is -2.36. The van der Waals surface area contributed by atoms with Gasteiger partial charge in [0, 0.05) is 25.1 Å². The van der Waals surface area contributed by atoms with E-state index in [1.54, 1.807) is 0 Å². The Morgan fingerprint density at radius 3 is 1.55 bits per heavy atom. The quantitative estimate of drug-likeness (QED) is 0.163. The number of quaternary nitrogens is 1. The lowest BCUT2D eigenvalue weighted by molar-refractivity contribution is -0.890. The van der Waals surface area contributed by atoms with Gasteiger partial charge in [0.05, 0.1) is 37.3 Å². The molecule has 0 bridgehead atoms. The van der Waals surface area contributed by atoms with E-state index in [1.165, 1.54) is 14.1 Å². The van der Waals surface area contributed by atoms with Crippen molar-refractivity contribution in [2.75, 3.05) is 39.5 Å². The third-order valence-electron chi connectivity index (χ3n) is 4.24. The first-order valence-electron chi connectivity index (χ1n) is 8.49. The molecule has 7 nitrogen and oxygen atoms in total. The van der Waals surface area contributed by atoms with Crippen LogP contribution in [-0.2, 0) is 20.1 Å². The van der Waals surface area contributed by atoms with E-state index in [4.69, 9.17) is 0 Å². The summed E-state index contributed by atoms with van der Waals surface area (Å²) in [7, 11) is -8.65. The van der Waals surface area contributed by atoms with Crippen LogP contribution in [0.25, 0.3) is 0 Å². The molecular formula is C13H19F11N2O5S2. The van der Waals surface area contributed by atoms with Crippen LogP contribution in [0.4, 0.5) is 48.3 Å². The van der Waals surface area contributed by atoms with Gasteiger partial charge in [0.2, 0.25) is 0 Å². The van der Waals surface area contributed by atoms with Gasteiger partial charge in [-0.15, -0.1) is 0 Å². The first-order valence-corrected chi connectivity index (χ1v) is 11.6. The van der Waals surface area contributed by atoms with Crippen LogP contribution in [0.3, 0.4) is 0 Å². The Bertz CT molecular complexity index is 887. The fourth-order valence-electron chi connectivity index (χ4n) is 2.31. The van der Waals surface area contributed by atoms with Crippen LogP contribution < -0.4 is 4.72 Å². The van der Waals surface area contributed by atoms with Crippen LogP contribution in [0.2, 0.25) is 0 Å². The summed E-state index contributed by atoms with van der Waals surface area (Å²) in [4.78, 5) is 0. The highest BCUT2D eigenvalue weighted by Gasteiger charge is 2.89. The molecule has 33 heavy (non-hydrogen) atoms. The zero-order valence-electron chi connectivity index (χ0n) is 16.7. The van der Waals surface area contributed by atoms with Gasteiger partial charge >= 0.3 is 29.2 Å². The highest BCUT2D eigenvalue weighted by Crippen LogP contribution is 2.58. The van der Waals surface area contributed by atoms with Crippen LogP contribution in [-0.4, -0.2) is 94.6 Å². The van der Waals surface area contributed by atoms with Crippen molar-refractivity contribution in [3.63, 3.8) is 0 Å². The van der Waals surface area contributed by atoms with Crippen molar-refractivity contribution in [2.24, 2.45) is 0 Å². The summed E-state index contributed by atoms with van der Waals surface area (Å²) in [6.07, 6.45) is -8.06. The van der Waals surface area contributed by atoms with Crippen molar-refractivity contribution >= 4 is 20.1 Å². The Labute approximate surface area is 181 Å². The lowest BCUT2D eigenvalue weighted by Crippen LogP contribution is -2.69. The van der Waals surface area contributed by atoms with Gasteiger partial charge in [0.15, 0.2) is 0 Å². The second-order valence-electron chi connectivity index (χ2n) is 7.49. The predicted octanol–water partition coefficient (Wildman–Crippen LogP) is 2.37. The number of halogens is 11. The highest BCUT2D eigenvalue weighted by atomic mass is 32.2. The molecule has 0 spiro atoms. The molecule has 0 aromatic carbocycles. The Kier molecular flexibility index (Phi) is 9.29. The van der Waals surface area contributed by atoms with E-state index in [0.717, 1.165) is 4.72 Å². The van der Waals surface area contributed by atoms with Gasteiger partial charge in [0.1, 0.15) is 0 Å². The molecule has 0 amide bonds. The normalized spacial score (nSPS) is 15.7.